The smallest absolute Gasteiger partial charge is 0.506 e. The van der Waals surface area contributed by atoms with Crippen LogP contribution in [0.3, 0.4) is 0 Å². The average molecular weight is 407 g/mol. The van der Waals surface area contributed by atoms with Crippen LogP contribution >= 0.6 is 15.9 Å². The van der Waals surface area contributed by atoms with Crippen LogP contribution in [0.5, 0.6) is 11.5 Å². The van der Waals surface area contributed by atoms with Crippen LogP contribution in [-0.2, 0) is 0 Å². The maximum atomic E-state index is 12.1. The molecule has 0 saturated heterocycles. The number of aromatic hydroxyl groups is 1. The maximum absolute atomic E-state index is 12.1. The third-order valence-corrected chi connectivity index (χ3v) is 3.70. The van der Waals surface area contributed by atoms with Gasteiger partial charge in [-0.2, -0.15) is 0 Å². The van der Waals surface area contributed by atoms with Crippen molar-refractivity contribution in [2.75, 3.05) is 0 Å². The molecule has 0 aliphatic carbocycles. The minimum Gasteiger partial charge on any atom is -0.506 e. The number of nitrogens with zero attached hydrogens (tertiary/aromatic N) is 1. The highest BCUT2D eigenvalue weighted by Gasteiger charge is 2.31. The Morgan fingerprint density at radius 2 is 1.83 bits per heavy atom. The number of ether oxygens (including phenoxy) is 1. The molecule has 2 aromatic carbocycles. The molecule has 6 nitrogen and oxygen atoms in total. The number of halogens is 4. The summed E-state index contributed by atoms with van der Waals surface area (Å²) in [6.45, 7) is 0. The molecule has 0 spiro atoms. The Labute approximate surface area is 141 Å². The van der Waals surface area contributed by atoms with Gasteiger partial charge < -0.3 is 15.6 Å². The van der Waals surface area contributed by atoms with Crippen LogP contribution in [0.15, 0.2) is 40.9 Å². The summed E-state index contributed by atoms with van der Waals surface area (Å²) < 4.78 is 40.2. The number of hydrogen-bond acceptors (Lipinski definition) is 5. The highest BCUT2D eigenvalue weighted by molar-refractivity contribution is 9.10. The Kier molecular flexibility index (Phi) is 4.99. The van der Waals surface area contributed by atoms with Crippen molar-refractivity contribution < 1.29 is 27.9 Å². The van der Waals surface area contributed by atoms with Crippen molar-refractivity contribution in [1.82, 2.24) is 0 Å². The molecule has 128 valence electrons. The second-order valence-corrected chi connectivity index (χ2v) is 5.57. The molecule has 2 aromatic rings. The van der Waals surface area contributed by atoms with Gasteiger partial charge in [-0.3, -0.25) is 10.1 Å². The Bertz CT molecular complexity index is 766. The maximum Gasteiger partial charge on any atom is 0.573 e. The largest absolute Gasteiger partial charge is 0.573 e. The number of benzene rings is 2. The first-order valence-corrected chi connectivity index (χ1v) is 7.16. The minimum atomic E-state index is -4.81. The van der Waals surface area contributed by atoms with Gasteiger partial charge in [0.15, 0.2) is 0 Å². The molecule has 0 amide bonds. The number of nitro benzene ring substituents is 1. The second kappa shape index (κ2) is 6.65. The third-order valence-electron chi connectivity index (χ3n) is 3.10. The van der Waals surface area contributed by atoms with Crippen molar-refractivity contribution in [3.8, 4) is 11.5 Å². The fraction of sp³-hybridized carbons (Fsp3) is 0.143. The fourth-order valence-corrected chi connectivity index (χ4v) is 2.47. The number of nitro groups is 1. The van der Waals surface area contributed by atoms with Crippen LogP contribution in [0, 0.1) is 10.1 Å². The van der Waals surface area contributed by atoms with Crippen molar-refractivity contribution in [3.05, 3.63) is 62.1 Å². The zero-order chi connectivity index (χ0) is 18.1. The molecule has 0 saturated carbocycles. The highest BCUT2D eigenvalue weighted by Crippen LogP contribution is 2.37. The lowest BCUT2D eigenvalue weighted by Gasteiger charge is -2.16. The van der Waals surface area contributed by atoms with Gasteiger partial charge in [0, 0.05) is 17.7 Å². The van der Waals surface area contributed by atoms with Crippen molar-refractivity contribution in [2.45, 2.75) is 12.4 Å². The number of nitrogens with two attached hydrogens (primary N) is 1. The van der Waals surface area contributed by atoms with E-state index in [1.165, 1.54) is 12.1 Å². The van der Waals surface area contributed by atoms with Crippen molar-refractivity contribution >= 4 is 21.6 Å². The number of hydrogen-bond donors (Lipinski definition) is 2. The van der Waals surface area contributed by atoms with E-state index >= 15 is 0 Å². The quantitative estimate of drug-likeness (QED) is 0.590. The lowest BCUT2D eigenvalue weighted by atomic mass is 9.98. The molecule has 0 heterocycles. The first-order valence-electron chi connectivity index (χ1n) is 6.36. The summed E-state index contributed by atoms with van der Waals surface area (Å²) in [7, 11) is 0. The van der Waals surface area contributed by atoms with Crippen LogP contribution < -0.4 is 10.5 Å². The predicted molar refractivity (Wildman–Crippen MR) is 81.6 cm³/mol. The van der Waals surface area contributed by atoms with E-state index < -0.39 is 23.1 Å². The zero-order valence-electron chi connectivity index (χ0n) is 11.7. The van der Waals surface area contributed by atoms with Gasteiger partial charge in [-0.25, -0.2) is 0 Å². The molecule has 0 unspecified atom stereocenters. The molecule has 0 aliphatic rings. The Balaban J connectivity index is 2.35. The van der Waals surface area contributed by atoms with Gasteiger partial charge in [0.1, 0.15) is 11.5 Å². The predicted octanol–water partition coefficient (Wildman–Crippen LogP) is 4.01. The van der Waals surface area contributed by atoms with Crippen LogP contribution in [0.1, 0.15) is 17.2 Å². The molecule has 0 aliphatic heterocycles. The van der Waals surface area contributed by atoms with E-state index in [4.69, 9.17) is 5.73 Å². The SMILES string of the molecule is N[C@H](c1ccc(OC(F)(F)F)cc1)c1cc([N+](=O)[O-])cc(Br)c1O. The average Bonchev–Trinajstić information content (AvgIpc) is 2.48. The summed E-state index contributed by atoms with van der Waals surface area (Å²) in [5.74, 6) is -0.716. The van der Waals surface area contributed by atoms with Crippen LogP contribution in [0.2, 0.25) is 0 Å². The van der Waals surface area contributed by atoms with Gasteiger partial charge >= 0.3 is 6.36 Å². The van der Waals surface area contributed by atoms with Crippen LogP contribution in [0.25, 0.3) is 0 Å². The van der Waals surface area contributed by atoms with E-state index in [1.807, 2.05) is 0 Å². The highest BCUT2D eigenvalue weighted by atomic mass is 79.9. The molecule has 2 rings (SSSR count). The van der Waals surface area contributed by atoms with E-state index in [9.17, 15) is 28.4 Å². The van der Waals surface area contributed by atoms with E-state index in [-0.39, 0.29) is 21.5 Å². The lowest BCUT2D eigenvalue weighted by Crippen LogP contribution is -2.17. The summed E-state index contributed by atoms with van der Waals surface area (Å²) in [6.07, 6.45) is -4.81. The van der Waals surface area contributed by atoms with Gasteiger partial charge in [0.25, 0.3) is 5.69 Å². The number of non-ortho nitro benzene ring substituents is 1. The Hall–Kier alpha value is -2.33. The molecular weight excluding hydrogens is 397 g/mol. The Morgan fingerprint density at radius 3 is 2.33 bits per heavy atom. The number of phenols is 1. The number of alkyl halides is 3. The molecule has 1 atom stereocenters. The fourth-order valence-electron chi connectivity index (χ4n) is 2.00. The topological polar surface area (TPSA) is 98.6 Å². The number of phenolic OH excluding ortho intramolecular Hbond substituents is 1. The number of rotatable bonds is 4. The van der Waals surface area contributed by atoms with E-state index in [1.54, 1.807) is 0 Å². The van der Waals surface area contributed by atoms with E-state index in [2.05, 4.69) is 20.7 Å². The van der Waals surface area contributed by atoms with Gasteiger partial charge in [0.05, 0.1) is 15.4 Å². The molecule has 3 N–H and O–H groups in total. The summed E-state index contributed by atoms with van der Waals surface area (Å²) in [5, 5.41) is 20.9. The lowest BCUT2D eigenvalue weighted by molar-refractivity contribution is -0.385. The van der Waals surface area contributed by atoms with Gasteiger partial charge in [0.2, 0.25) is 0 Å². The summed E-state index contributed by atoms with van der Waals surface area (Å²) >= 11 is 3.00. The normalized spacial score (nSPS) is 12.7. The van der Waals surface area contributed by atoms with Crippen LogP contribution in [0.4, 0.5) is 18.9 Å². The van der Waals surface area contributed by atoms with E-state index in [0.717, 1.165) is 24.3 Å². The molecule has 24 heavy (non-hydrogen) atoms. The second-order valence-electron chi connectivity index (χ2n) is 4.72. The van der Waals surface area contributed by atoms with Gasteiger partial charge in [-0.1, -0.05) is 12.1 Å². The first-order chi connectivity index (χ1) is 11.1. The Morgan fingerprint density at radius 1 is 1.25 bits per heavy atom. The molecule has 0 bridgehead atoms. The summed E-state index contributed by atoms with van der Waals surface area (Å²) in [5.41, 5.74) is 6.07. The van der Waals surface area contributed by atoms with Crippen LogP contribution in [-0.4, -0.2) is 16.4 Å². The van der Waals surface area contributed by atoms with Crippen molar-refractivity contribution in [2.24, 2.45) is 5.73 Å². The monoisotopic (exact) mass is 406 g/mol. The molecule has 0 radical (unpaired) electrons. The summed E-state index contributed by atoms with van der Waals surface area (Å²) in [6, 6.07) is 5.91. The molecular formula is C14H10BrF3N2O4. The van der Waals surface area contributed by atoms with Crippen molar-refractivity contribution in [3.63, 3.8) is 0 Å². The van der Waals surface area contributed by atoms with E-state index in [0.29, 0.717) is 5.56 Å². The summed E-state index contributed by atoms with van der Waals surface area (Å²) in [4.78, 5) is 10.2. The molecule has 0 aromatic heterocycles. The van der Waals surface area contributed by atoms with Gasteiger partial charge in [-0.15, -0.1) is 13.2 Å². The van der Waals surface area contributed by atoms with Gasteiger partial charge in [-0.05, 0) is 33.6 Å². The minimum absolute atomic E-state index is 0.0561. The molecule has 10 heteroatoms. The standard InChI is InChI=1S/C14H10BrF3N2O4/c15-11-6-8(20(22)23)5-10(13(11)21)12(19)7-1-3-9(4-2-7)24-14(16,17)18/h1-6,12,21H,19H2/t12-/m1/s1. The first kappa shape index (κ1) is 18.0. The zero-order valence-corrected chi connectivity index (χ0v) is 13.3. The molecule has 0 fully saturated rings. The third kappa shape index (κ3) is 4.15. The van der Waals surface area contributed by atoms with Crippen molar-refractivity contribution in [1.29, 1.82) is 0 Å².